The quantitative estimate of drug-likeness (QED) is 0.560. The van der Waals surface area contributed by atoms with Gasteiger partial charge in [-0.05, 0) is 25.5 Å². The van der Waals surface area contributed by atoms with Crippen LogP contribution in [-0.4, -0.2) is 11.1 Å². The predicted molar refractivity (Wildman–Crippen MR) is 42.8 cm³/mol. The van der Waals surface area contributed by atoms with Crippen molar-refractivity contribution >= 4 is 0 Å². The van der Waals surface area contributed by atoms with Crippen LogP contribution in [0.3, 0.4) is 0 Å². The van der Waals surface area contributed by atoms with Crippen LogP contribution >= 0.6 is 0 Å². The fourth-order valence-corrected chi connectivity index (χ4v) is 1.43. The number of pyridine rings is 1. The van der Waals surface area contributed by atoms with E-state index in [-0.39, 0.29) is 0 Å². The highest BCUT2D eigenvalue weighted by Crippen LogP contribution is 2.28. The van der Waals surface area contributed by atoms with Crippen molar-refractivity contribution in [1.29, 1.82) is 0 Å². The maximum absolute atomic E-state index is 5.48. The highest BCUT2D eigenvalue weighted by atomic mass is 16.5. The van der Waals surface area contributed by atoms with E-state index >= 15 is 0 Å². The van der Waals surface area contributed by atoms with E-state index in [1.54, 1.807) is 6.20 Å². The first-order valence-corrected chi connectivity index (χ1v) is 3.88. The van der Waals surface area contributed by atoms with Gasteiger partial charge in [0.25, 0.3) is 0 Å². The monoisotopic (exact) mass is 149 g/mol. The van der Waals surface area contributed by atoms with Gasteiger partial charge in [0.2, 0.25) is 5.88 Å². The van der Waals surface area contributed by atoms with Gasteiger partial charge in [-0.3, -0.25) is 0 Å². The molecular weight excluding hydrogens is 138 g/mol. The largest absolute Gasteiger partial charge is 0.474 e. The van der Waals surface area contributed by atoms with Gasteiger partial charge in [-0.15, -0.1) is 0 Å². The lowest BCUT2D eigenvalue weighted by molar-refractivity contribution is 0.246. The number of rotatable bonds is 0. The van der Waals surface area contributed by atoms with Crippen molar-refractivity contribution in [3.05, 3.63) is 23.4 Å². The van der Waals surface area contributed by atoms with Gasteiger partial charge in [0, 0.05) is 18.2 Å². The Kier molecular flexibility index (Phi) is 1.34. The molecule has 2 nitrogen and oxygen atoms in total. The Hall–Kier alpha value is -1.05. The number of nitrogens with zero attached hydrogens (tertiary/aromatic N) is 1. The van der Waals surface area contributed by atoms with Gasteiger partial charge >= 0.3 is 0 Å². The molecule has 1 aliphatic heterocycles. The summed E-state index contributed by atoms with van der Waals surface area (Å²) in [5.74, 6) is 0.831. The first-order valence-electron chi connectivity index (χ1n) is 3.88. The standard InChI is InChI=1S/C9H11NO/c1-6-3-4-10-9-8(6)5-7(2)11-9/h3-4,7H,5H2,1-2H3/t7-/m1/s1. The number of fused-ring (bicyclic) bond motifs is 1. The summed E-state index contributed by atoms with van der Waals surface area (Å²) in [5.41, 5.74) is 2.57. The van der Waals surface area contributed by atoms with Gasteiger partial charge in [-0.25, -0.2) is 4.98 Å². The zero-order valence-electron chi connectivity index (χ0n) is 6.79. The zero-order valence-corrected chi connectivity index (χ0v) is 6.79. The van der Waals surface area contributed by atoms with E-state index in [1.807, 2.05) is 6.07 Å². The second-order valence-corrected chi connectivity index (χ2v) is 3.04. The topological polar surface area (TPSA) is 22.1 Å². The van der Waals surface area contributed by atoms with E-state index in [0.29, 0.717) is 6.10 Å². The molecule has 0 aliphatic carbocycles. The molecule has 0 bridgehead atoms. The molecule has 2 heteroatoms. The van der Waals surface area contributed by atoms with Crippen LogP contribution in [-0.2, 0) is 6.42 Å². The summed E-state index contributed by atoms with van der Waals surface area (Å²) in [6.07, 6.45) is 3.11. The van der Waals surface area contributed by atoms with Crippen molar-refractivity contribution < 1.29 is 4.74 Å². The maximum Gasteiger partial charge on any atom is 0.217 e. The molecule has 1 aromatic heterocycles. The molecule has 11 heavy (non-hydrogen) atoms. The van der Waals surface area contributed by atoms with Crippen molar-refractivity contribution in [3.63, 3.8) is 0 Å². The average Bonchev–Trinajstić information content (AvgIpc) is 2.31. The Morgan fingerprint density at radius 2 is 2.45 bits per heavy atom. The van der Waals surface area contributed by atoms with E-state index < -0.39 is 0 Å². The van der Waals surface area contributed by atoms with Crippen molar-refractivity contribution in [3.8, 4) is 5.88 Å². The molecule has 0 spiro atoms. The van der Waals surface area contributed by atoms with E-state index in [4.69, 9.17) is 4.74 Å². The third-order valence-corrected chi connectivity index (χ3v) is 2.05. The highest BCUT2D eigenvalue weighted by Gasteiger charge is 2.21. The molecule has 0 saturated heterocycles. The van der Waals surface area contributed by atoms with Crippen LogP contribution in [0, 0.1) is 6.92 Å². The second-order valence-electron chi connectivity index (χ2n) is 3.04. The molecule has 2 heterocycles. The first kappa shape index (κ1) is 6.65. The molecule has 0 saturated carbocycles. The number of hydrogen-bond acceptors (Lipinski definition) is 2. The Morgan fingerprint density at radius 3 is 3.18 bits per heavy atom. The van der Waals surface area contributed by atoms with E-state index in [0.717, 1.165) is 12.3 Å². The summed E-state index contributed by atoms with van der Waals surface area (Å²) in [4.78, 5) is 4.15. The molecule has 0 N–H and O–H groups in total. The van der Waals surface area contributed by atoms with Gasteiger partial charge in [-0.2, -0.15) is 0 Å². The third-order valence-electron chi connectivity index (χ3n) is 2.05. The van der Waals surface area contributed by atoms with Crippen molar-refractivity contribution in [2.24, 2.45) is 0 Å². The van der Waals surface area contributed by atoms with Gasteiger partial charge in [0.15, 0.2) is 0 Å². The van der Waals surface area contributed by atoms with Crippen LogP contribution in [0.5, 0.6) is 5.88 Å². The number of aryl methyl sites for hydroxylation is 1. The molecule has 1 aliphatic rings. The Morgan fingerprint density at radius 1 is 1.64 bits per heavy atom. The normalized spacial score (nSPS) is 21.1. The summed E-state index contributed by atoms with van der Waals surface area (Å²) in [7, 11) is 0. The van der Waals surface area contributed by atoms with Crippen molar-refractivity contribution in [2.75, 3.05) is 0 Å². The Balaban J connectivity index is 2.49. The molecule has 0 unspecified atom stereocenters. The van der Waals surface area contributed by atoms with Gasteiger partial charge in [-0.1, -0.05) is 0 Å². The van der Waals surface area contributed by atoms with Crippen LogP contribution in [0.4, 0.5) is 0 Å². The Bertz CT molecular complexity index is 283. The summed E-state index contributed by atoms with van der Waals surface area (Å²) >= 11 is 0. The zero-order chi connectivity index (χ0) is 7.84. The van der Waals surface area contributed by atoms with Crippen LogP contribution < -0.4 is 4.74 Å². The summed E-state index contributed by atoms with van der Waals surface area (Å²) in [6, 6.07) is 2.03. The lowest BCUT2D eigenvalue weighted by Gasteiger charge is -1.99. The minimum atomic E-state index is 0.304. The van der Waals surface area contributed by atoms with Gasteiger partial charge < -0.3 is 4.74 Å². The smallest absolute Gasteiger partial charge is 0.217 e. The minimum Gasteiger partial charge on any atom is -0.474 e. The fraction of sp³-hybridized carbons (Fsp3) is 0.444. The maximum atomic E-state index is 5.48. The van der Waals surface area contributed by atoms with Crippen LogP contribution in [0.25, 0.3) is 0 Å². The molecule has 0 radical (unpaired) electrons. The molecule has 1 atom stereocenters. The van der Waals surface area contributed by atoms with E-state index in [1.165, 1.54) is 11.1 Å². The second kappa shape index (κ2) is 2.22. The van der Waals surface area contributed by atoms with Crippen molar-refractivity contribution in [1.82, 2.24) is 4.98 Å². The molecule has 0 fully saturated rings. The van der Waals surface area contributed by atoms with Crippen LogP contribution in [0.15, 0.2) is 12.3 Å². The van der Waals surface area contributed by atoms with Gasteiger partial charge in [0.05, 0.1) is 0 Å². The summed E-state index contributed by atoms with van der Waals surface area (Å²) in [6.45, 7) is 4.17. The third kappa shape index (κ3) is 0.985. The summed E-state index contributed by atoms with van der Waals surface area (Å²) in [5, 5.41) is 0. The lowest BCUT2D eigenvalue weighted by Crippen LogP contribution is -2.05. The first-order chi connectivity index (χ1) is 5.27. The molecular formula is C9H11NO. The van der Waals surface area contributed by atoms with E-state index in [9.17, 15) is 0 Å². The van der Waals surface area contributed by atoms with Crippen LogP contribution in [0.2, 0.25) is 0 Å². The fourth-order valence-electron chi connectivity index (χ4n) is 1.43. The molecule has 0 aromatic carbocycles. The number of hydrogen-bond donors (Lipinski definition) is 0. The Labute approximate surface area is 66.2 Å². The van der Waals surface area contributed by atoms with Gasteiger partial charge in [0.1, 0.15) is 6.10 Å². The molecule has 1 aromatic rings. The number of aromatic nitrogens is 1. The SMILES string of the molecule is Cc1ccnc2c1C[C@@H](C)O2. The molecule has 0 amide bonds. The number of ether oxygens (including phenoxy) is 1. The predicted octanol–water partition coefficient (Wildman–Crippen LogP) is 1.71. The molecule has 2 rings (SSSR count). The lowest BCUT2D eigenvalue weighted by atomic mass is 10.1. The highest BCUT2D eigenvalue weighted by molar-refractivity contribution is 5.36. The summed E-state index contributed by atoms with van der Waals surface area (Å²) < 4.78 is 5.48. The van der Waals surface area contributed by atoms with Crippen LogP contribution in [0.1, 0.15) is 18.1 Å². The average molecular weight is 149 g/mol. The molecule has 58 valence electrons. The minimum absolute atomic E-state index is 0.304. The van der Waals surface area contributed by atoms with Crippen molar-refractivity contribution in [2.45, 2.75) is 26.4 Å². The van der Waals surface area contributed by atoms with E-state index in [2.05, 4.69) is 18.8 Å².